The van der Waals surface area contributed by atoms with Gasteiger partial charge in [-0.05, 0) is 5.92 Å². The first kappa shape index (κ1) is 11.6. The number of hydrogen-bond donors (Lipinski definition) is 2. The van der Waals surface area contributed by atoms with Gasteiger partial charge in [-0.25, -0.2) is 4.98 Å². The van der Waals surface area contributed by atoms with E-state index >= 15 is 0 Å². The van der Waals surface area contributed by atoms with Crippen LogP contribution in [0.4, 0.5) is 11.5 Å². The van der Waals surface area contributed by atoms with E-state index in [1.807, 2.05) is 6.92 Å². The molecule has 0 bridgehead atoms. The lowest BCUT2D eigenvalue weighted by molar-refractivity contribution is 0.262. The van der Waals surface area contributed by atoms with Crippen molar-refractivity contribution in [1.29, 1.82) is 0 Å². The molecule has 4 N–H and O–H groups in total. The third kappa shape index (κ3) is 2.97. The molecule has 0 saturated carbocycles. The fraction of sp³-hybridized carbons (Fsp3) is 0.600. The van der Waals surface area contributed by atoms with Crippen LogP contribution in [0.5, 0.6) is 5.88 Å². The molecule has 1 aromatic heterocycles. The molecule has 1 heterocycles. The van der Waals surface area contributed by atoms with Crippen LogP contribution in [0, 0.1) is 5.92 Å². The Balaban J connectivity index is 2.90. The zero-order valence-corrected chi connectivity index (χ0v) is 9.45. The molecule has 0 radical (unpaired) electrons. The Kier molecular flexibility index (Phi) is 3.71. The van der Waals surface area contributed by atoms with Crippen molar-refractivity contribution in [2.24, 2.45) is 5.92 Å². The maximum absolute atomic E-state index is 5.72. The number of rotatable bonds is 4. The van der Waals surface area contributed by atoms with Crippen LogP contribution in [0.3, 0.4) is 0 Å². The van der Waals surface area contributed by atoms with Crippen LogP contribution >= 0.6 is 0 Å². The monoisotopic (exact) mass is 210 g/mol. The molecule has 0 atom stereocenters. The second-order valence-electron chi connectivity index (χ2n) is 3.80. The standard InChI is InChI=1S/C10H18N4O/c1-4-7-13-9(12)8(11)10(14-7)15-5-6(2)3/h6H,4-5,11H2,1-3H3,(H2,12,13,14). The van der Waals surface area contributed by atoms with Gasteiger partial charge in [-0.2, -0.15) is 4.98 Å². The van der Waals surface area contributed by atoms with Gasteiger partial charge in [0.1, 0.15) is 11.5 Å². The Bertz CT molecular complexity index is 338. The van der Waals surface area contributed by atoms with E-state index in [4.69, 9.17) is 16.2 Å². The zero-order chi connectivity index (χ0) is 11.4. The summed E-state index contributed by atoms with van der Waals surface area (Å²) in [6.45, 7) is 6.64. The predicted octanol–water partition coefficient (Wildman–Crippen LogP) is 1.24. The number of nitrogens with two attached hydrogens (primary N) is 2. The number of aryl methyl sites for hydroxylation is 1. The summed E-state index contributed by atoms with van der Waals surface area (Å²) in [7, 11) is 0. The van der Waals surface area contributed by atoms with Crippen molar-refractivity contribution in [3.63, 3.8) is 0 Å². The van der Waals surface area contributed by atoms with Crippen LogP contribution in [0.1, 0.15) is 26.6 Å². The second kappa shape index (κ2) is 4.82. The average Bonchev–Trinajstić information content (AvgIpc) is 2.19. The van der Waals surface area contributed by atoms with Gasteiger partial charge in [0.25, 0.3) is 0 Å². The summed E-state index contributed by atoms with van der Waals surface area (Å²) in [6, 6.07) is 0. The van der Waals surface area contributed by atoms with Crippen LogP contribution < -0.4 is 16.2 Å². The maximum atomic E-state index is 5.72. The molecule has 1 aromatic rings. The molecule has 5 nitrogen and oxygen atoms in total. The van der Waals surface area contributed by atoms with Gasteiger partial charge in [-0.3, -0.25) is 0 Å². The number of nitrogens with zero attached hydrogens (tertiary/aromatic N) is 2. The number of ether oxygens (including phenoxy) is 1. The first-order valence-electron chi connectivity index (χ1n) is 5.09. The summed E-state index contributed by atoms with van der Waals surface area (Å²) in [4.78, 5) is 8.23. The van der Waals surface area contributed by atoms with Crippen molar-refractivity contribution in [1.82, 2.24) is 9.97 Å². The van der Waals surface area contributed by atoms with E-state index in [2.05, 4.69) is 23.8 Å². The van der Waals surface area contributed by atoms with Gasteiger partial charge in [0.05, 0.1) is 6.61 Å². The fourth-order valence-electron chi connectivity index (χ4n) is 1.03. The van der Waals surface area contributed by atoms with Crippen LogP contribution in [0.2, 0.25) is 0 Å². The van der Waals surface area contributed by atoms with Gasteiger partial charge in [0.2, 0.25) is 5.88 Å². The minimum atomic E-state index is 0.292. The second-order valence-corrected chi connectivity index (χ2v) is 3.80. The summed E-state index contributed by atoms with van der Waals surface area (Å²) >= 11 is 0. The molecule has 1 rings (SSSR count). The van der Waals surface area contributed by atoms with Gasteiger partial charge in [0, 0.05) is 6.42 Å². The Morgan fingerprint density at radius 1 is 1.27 bits per heavy atom. The van der Waals surface area contributed by atoms with E-state index in [1.165, 1.54) is 0 Å². The van der Waals surface area contributed by atoms with Crippen LogP contribution in [0.15, 0.2) is 0 Å². The van der Waals surface area contributed by atoms with Crippen molar-refractivity contribution in [3.8, 4) is 5.88 Å². The number of hydrogen-bond acceptors (Lipinski definition) is 5. The molecule has 0 fully saturated rings. The van der Waals surface area contributed by atoms with E-state index in [0.29, 0.717) is 42.2 Å². The smallest absolute Gasteiger partial charge is 0.242 e. The number of nitrogen functional groups attached to an aromatic ring is 2. The number of anilines is 2. The van der Waals surface area contributed by atoms with E-state index in [9.17, 15) is 0 Å². The molecule has 15 heavy (non-hydrogen) atoms. The fourth-order valence-corrected chi connectivity index (χ4v) is 1.03. The molecule has 0 aliphatic heterocycles. The Labute approximate surface area is 89.9 Å². The zero-order valence-electron chi connectivity index (χ0n) is 9.45. The summed E-state index contributed by atoms with van der Waals surface area (Å²) in [5.41, 5.74) is 11.7. The summed E-state index contributed by atoms with van der Waals surface area (Å²) in [6.07, 6.45) is 0.711. The van der Waals surface area contributed by atoms with Gasteiger partial charge in [-0.1, -0.05) is 20.8 Å². The topological polar surface area (TPSA) is 87.0 Å². The van der Waals surface area contributed by atoms with Crippen LogP contribution in [-0.4, -0.2) is 16.6 Å². The molecular formula is C10H18N4O. The minimum Gasteiger partial charge on any atom is -0.476 e. The SMILES string of the molecule is CCc1nc(N)c(N)c(OCC(C)C)n1. The minimum absolute atomic E-state index is 0.292. The Morgan fingerprint density at radius 3 is 2.47 bits per heavy atom. The molecule has 0 amide bonds. The summed E-state index contributed by atoms with van der Waals surface area (Å²) in [5.74, 6) is 1.76. The maximum Gasteiger partial charge on any atom is 0.242 e. The first-order valence-corrected chi connectivity index (χ1v) is 5.09. The van der Waals surface area contributed by atoms with Gasteiger partial charge in [-0.15, -0.1) is 0 Å². The molecule has 0 saturated heterocycles. The molecule has 84 valence electrons. The first-order chi connectivity index (χ1) is 7.04. The van der Waals surface area contributed by atoms with Gasteiger partial charge < -0.3 is 16.2 Å². The van der Waals surface area contributed by atoms with Crippen molar-refractivity contribution in [2.75, 3.05) is 18.1 Å². The predicted molar refractivity (Wildman–Crippen MR) is 60.6 cm³/mol. The quantitative estimate of drug-likeness (QED) is 0.780. The van der Waals surface area contributed by atoms with Crippen molar-refractivity contribution < 1.29 is 4.74 Å². The van der Waals surface area contributed by atoms with Gasteiger partial charge >= 0.3 is 0 Å². The molecule has 0 spiro atoms. The number of aromatic nitrogens is 2. The highest BCUT2D eigenvalue weighted by atomic mass is 16.5. The van der Waals surface area contributed by atoms with Gasteiger partial charge in [0.15, 0.2) is 5.82 Å². The lowest BCUT2D eigenvalue weighted by Crippen LogP contribution is -2.11. The Hall–Kier alpha value is -1.52. The third-order valence-corrected chi connectivity index (χ3v) is 1.86. The van der Waals surface area contributed by atoms with E-state index < -0.39 is 0 Å². The van der Waals surface area contributed by atoms with E-state index in [0.717, 1.165) is 0 Å². The van der Waals surface area contributed by atoms with Crippen molar-refractivity contribution >= 4 is 11.5 Å². The average molecular weight is 210 g/mol. The molecule has 5 heteroatoms. The largest absolute Gasteiger partial charge is 0.476 e. The third-order valence-electron chi connectivity index (χ3n) is 1.86. The normalized spacial score (nSPS) is 10.7. The molecular weight excluding hydrogens is 192 g/mol. The van der Waals surface area contributed by atoms with E-state index in [-0.39, 0.29) is 0 Å². The van der Waals surface area contributed by atoms with Crippen molar-refractivity contribution in [3.05, 3.63) is 5.82 Å². The van der Waals surface area contributed by atoms with Crippen LogP contribution in [-0.2, 0) is 6.42 Å². The highest BCUT2D eigenvalue weighted by Gasteiger charge is 2.10. The molecule has 0 aromatic carbocycles. The lowest BCUT2D eigenvalue weighted by atomic mass is 10.2. The highest BCUT2D eigenvalue weighted by molar-refractivity contribution is 5.64. The Morgan fingerprint density at radius 2 is 1.93 bits per heavy atom. The summed E-state index contributed by atoms with van der Waals surface area (Å²) in [5, 5.41) is 0. The van der Waals surface area contributed by atoms with Crippen LogP contribution in [0.25, 0.3) is 0 Å². The highest BCUT2D eigenvalue weighted by Crippen LogP contribution is 2.24. The lowest BCUT2D eigenvalue weighted by Gasteiger charge is -2.11. The molecule has 0 aliphatic carbocycles. The molecule has 0 unspecified atom stereocenters. The van der Waals surface area contributed by atoms with E-state index in [1.54, 1.807) is 0 Å². The molecule has 0 aliphatic rings. The van der Waals surface area contributed by atoms with Crippen molar-refractivity contribution in [2.45, 2.75) is 27.2 Å². The summed E-state index contributed by atoms with van der Waals surface area (Å²) < 4.78 is 5.47.